The van der Waals surface area contributed by atoms with Gasteiger partial charge in [0.25, 0.3) is 0 Å². The van der Waals surface area contributed by atoms with Crippen molar-refractivity contribution < 1.29 is 4.74 Å². The molecule has 1 fully saturated rings. The van der Waals surface area contributed by atoms with E-state index in [1.807, 2.05) is 12.1 Å². The van der Waals surface area contributed by atoms with E-state index in [2.05, 4.69) is 29.2 Å². The van der Waals surface area contributed by atoms with Crippen LogP contribution in [0.4, 0.5) is 0 Å². The number of aryl methyl sites for hydroxylation is 1. The molecular formula is C16H19N3O. The van der Waals surface area contributed by atoms with Crippen LogP contribution in [0.1, 0.15) is 17.2 Å². The molecule has 4 rings (SSSR count). The molecule has 0 unspecified atom stereocenters. The van der Waals surface area contributed by atoms with Gasteiger partial charge in [0.1, 0.15) is 5.75 Å². The minimum atomic E-state index is 0.625. The van der Waals surface area contributed by atoms with Crippen LogP contribution < -0.4 is 10.1 Å². The molecule has 4 heteroatoms. The number of nitrogens with one attached hydrogen (secondary N) is 1. The number of hydrogen-bond acceptors (Lipinski definition) is 3. The number of ether oxygens (including phenoxy) is 1. The van der Waals surface area contributed by atoms with Gasteiger partial charge in [0, 0.05) is 36.3 Å². The van der Waals surface area contributed by atoms with E-state index in [0.29, 0.717) is 5.92 Å². The molecule has 1 saturated heterocycles. The number of nitrogens with zero attached hydrogens (tertiary/aromatic N) is 2. The van der Waals surface area contributed by atoms with E-state index in [4.69, 9.17) is 9.84 Å². The smallest absolute Gasteiger partial charge is 0.119 e. The van der Waals surface area contributed by atoms with E-state index >= 15 is 0 Å². The van der Waals surface area contributed by atoms with Crippen LogP contribution in [0.2, 0.25) is 0 Å². The zero-order chi connectivity index (χ0) is 13.7. The van der Waals surface area contributed by atoms with Gasteiger partial charge in [0.05, 0.1) is 12.8 Å². The lowest BCUT2D eigenvalue weighted by atomic mass is 9.94. The standard InChI is InChI=1S/C16H19N3O/c1-19-14-7-11-8-17-9-13(11)15(14)16(18-19)10-4-3-5-12(6-10)20-2/h3-6,11,13,17H,7-9H2,1-2H3/t11-,13+/m1/s1. The molecule has 1 N–H and O–H groups in total. The van der Waals surface area contributed by atoms with Crippen molar-refractivity contribution in [3.63, 3.8) is 0 Å². The third kappa shape index (κ3) is 1.61. The molecular weight excluding hydrogens is 250 g/mol. The second-order valence-electron chi connectivity index (χ2n) is 5.79. The van der Waals surface area contributed by atoms with Crippen molar-refractivity contribution in [3.8, 4) is 17.0 Å². The first kappa shape index (κ1) is 12.0. The van der Waals surface area contributed by atoms with Crippen LogP contribution in [0, 0.1) is 5.92 Å². The first-order chi connectivity index (χ1) is 9.78. The predicted octanol–water partition coefficient (Wildman–Crippen LogP) is 1.95. The average Bonchev–Trinajstić information content (AvgIpc) is 3.12. The fourth-order valence-corrected chi connectivity index (χ4v) is 3.72. The molecule has 1 aliphatic carbocycles. The molecule has 0 amide bonds. The summed E-state index contributed by atoms with van der Waals surface area (Å²) in [5.74, 6) is 2.26. The normalized spacial score (nSPS) is 23.7. The second kappa shape index (κ2) is 4.35. The van der Waals surface area contributed by atoms with E-state index in [1.54, 1.807) is 7.11 Å². The minimum Gasteiger partial charge on any atom is -0.497 e. The maximum atomic E-state index is 5.34. The summed E-state index contributed by atoms with van der Waals surface area (Å²) in [7, 11) is 3.77. The zero-order valence-corrected chi connectivity index (χ0v) is 11.9. The molecule has 1 aromatic heterocycles. The molecule has 0 bridgehead atoms. The number of aromatic nitrogens is 2. The third-order valence-corrected chi connectivity index (χ3v) is 4.72. The van der Waals surface area contributed by atoms with Crippen molar-refractivity contribution in [2.24, 2.45) is 13.0 Å². The first-order valence-corrected chi connectivity index (χ1v) is 7.19. The molecule has 1 aromatic carbocycles. The Bertz CT molecular complexity index is 662. The van der Waals surface area contributed by atoms with Gasteiger partial charge in [-0.1, -0.05) is 12.1 Å². The van der Waals surface area contributed by atoms with E-state index in [-0.39, 0.29) is 0 Å². The van der Waals surface area contributed by atoms with Gasteiger partial charge in [-0.3, -0.25) is 4.68 Å². The van der Waals surface area contributed by atoms with Crippen molar-refractivity contribution in [2.75, 3.05) is 20.2 Å². The third-order valence-electron chi connectivity index (χ3n) is 4.72. The Morgan fingerprint density at radius 2 is 2.25 bits per heavy atom. The largest absolute Gasteiger partial charge is 0.497 e. The fraction of sp³-hybridized carbons (Fsp3) is 0.438. The summed E-state index contributed by atoms with van der Waals surface area (Å²) >= 11 is 0. The molecule has 0 radical (unpaired) electrons. The lowest BCUT2D eigenvalue weighted by Gasteiger charge is -2.10. The van der Waals surface area contributed by atoms with E-state index < -0.39 is 0 Å². The highest BCUT2D eigenvalue weighted by atomic mass is 16.5. The number of methoxy groups -OCH3 is 1. The summed E-state index contributed by atoms with van der Waals surface area (Å²) in [5.41, 5.74) is 5.17. The quantitative estimate of drug-likeness (QED) is 0.906. The molecule has 2 heterocycles. The predicted molar refractivity (Wildman–Crippen MR) is 78.0 cm³/mol. The second-order valence-corrected chi connectivity index (χ2v) is 5.79. The van der Waals surface area contributed by atoms with E-state index in [1.165, 1.54) is 11.3 Å². The topological polar surface area (TPSA) is 39.1 Å². The van der Waals surface area contributed by atoms with Crippen LogP contribution in [-0.2, 0) is 13.5 Å². The first-order valence-electron chi connectivity index (χ1n) is 7.19. The van der Waals surface area contributed by atoms with Gasteiger partial charge in [-0.25, -0.2) is 0 Å². The molecule has 0 saturated carbocycles. The molecule has 20 heavy (non-hydrogen) atoms. The monoisotopic (exact) mass is 269 g/mol. The molecule has 2 atom stereocenters. The number of hydrogen-bond donors (Lipinski definition) is 1. The lowest BCUT2D eigenvalue weighted by molar-refractivity contribution is 0.415. The highest BCUT2D eigenvalue weighted by molar-refractivity contribution is 5.68. The van der Waals surface area contributed by atoms with Crippen molar-refractivity contribution in [2.45, 2.75) is 12.3 Å². The van der Waals surface area contributed by atoms with E-state index in [0.717, 1.165) is 42.4 Å². The summed E-state index contributed by atoms with van der Waals surface area (Å²) in [6.45, 7) is 2.22. The molecule has 104 valence electrons. The Hall–Kier alpha value is -1.81. The van der Waals surface area contributed by atoms with Gasteiger partial charge in [0.2, 0.25) is 0 Å². The molecule has 2 aromatic rings. The van der Waals surface area contributed by atoms with Crippen molar-refractivity contribution >= 4 is 0 Å². The van der Waals surface area contributed by atoms with Crippen LogP contribution in [0.25, 0.3) is 11.3 Å². The van der Waals surface area contributed by atoms with Gasteiger partial charge in [-0.05, 0) is 31.0 Å². The van der Waals surface area contributed by atoms with Crippen LogP contribution in [-0.4, -0.2) is 30.0 Å². The van der Waals surface area contributed by atoms with Gasteiger partial charge < -0.3 is 10.1 Å². The van der Waals surface area contributed by atoms with Crippen molar-refractivity contribution in [1.29, 1.82) is 0 Å². The Balaban J connectivity index is 1.85. The minimum absolute atomic E-state index is 0.625. The molecule has 2 aliphatic rings. The maximum absolute atomic E-state index is 5.34. The molecule has 4 nitrogen and oxygen atoms in total. The zero-order valence-electron chi connectivity index (χ0n) is 11.9. The van der Waals surface area contributed by atoms with E-state index in [9.17, 15) is 0 Å². The number of fused-ring (bicyclic) bond motifs is 3. The van der Waals surface area contributed by atoms with Crippen LogP contribution in [0.15, 0.2) is 24.3 Å². The van der Waals surface area contributed by atoms with Gasteiger partial charge in [-0.2, -0.15) is 5.10 Å². The van der Waals surface area contributed by atoms with Crippen molar-refractivity contribution in [1.82, 2.24) is 15.1 Å². The lowest BCUT2D eigenvalue weighted by Crippen LogP contribution is -2.11. The number of rotatable bonds is 2. The summed E-state index contributed by atoms with van der Waals surface area (Å²) < 4.78 is 7.41. The highest BCUT2D eigenvalue weighted by Crippen LogP contribution is 2.44. The molecule has 0 spiro atoms. The Morgan fingerprint density at radius 3 is 3.10 bits per heavy atom. The summed E-state index contributed by atoms with van der Waals surface area (Å²) in [5, 5.41) is 8.29. The Kier molecular flexibility index (Phi) is 2.60. The number of benzene rings is 1. The highest BCUT2D eigenvalue weighted by Gasteiger charge is 2.40. The van der Waals surface area contributed by atoms with Crippen molar-refractivity contribution in [3.05, 3.63) is 35.5 Å². The summed E-state index contributed by atoms with van der Waals surface area (Å²) in [6.07, 6.45) is 1.15. The Morgan fingerprint density at radius 1 is 1.35 bits per heavy atom. The SMILES string of the molecule is COc1cccc(-c2nn(C)c3c2[C@H]2CNC[C@H]2C3)c1. The fourth-order valence-electron chi connectivity index (χ4n) is 3.72. The van der Waals surface area contributed by atoms with Crippen LogP contribution in [0.5, 0.6) is 5.75 Å². The maximum Gasteiger partial charge on any atom is 0.119 e. The van der Waals surface area contributed by atoms with Gasteiger partial charge in [0.15, 0.2) is 0 Å². The molecule has 1 aliphatic heterocycles. The summed E-state index contributed by atoms with van der Waals surface area (Å²) in [6, 6.07) is 8.22. The van der Waals surface area contributed by atoms with Gasteiger partial charge in [-0.15, -0.1) is 0 Å². The Labute approximate surface area is 118 Å². The van der Waals surface area contributed by atoms with Crippen LogP contribution in [0.3, 0.4) is 0 Å². The van der Waals surface area contributed by atoms with Gasteiger partial charge >= 0.3 is 0 Å². The summed E-state index contributed by atoms with van der Waals surface area (Å²) in [4.78, 5) is 0. The van der Waals surface area contributed by atoms with Crippen LogP contribution >= 0.6 is 0 Å². The average molecular weight is 269 g/mol.